The number of carboxylic acids is 1. The lowest BCUT2D eigenvalue weighted by Gasteiger charge is -2.33. The highest BCUT2D eigenvalue weighted by molar-refractivity contribution is 6.47. The molecule has 2 aromatic carbocycles. The number of nitrogens with zero attached hydrogens (tertiary/aromatic N) is 2. The second-order valence-electron chi connectivity index (χ2n) is 9.07. The molecule has 2 atom stereocenters. The third kappa shape index (κ3) is 5.89. The molecule has 1 saturated heterocycles. The van der Waals surface area contributed by atoms with E-state index in [2.05, 4.69) is 5.32 Å². The molecule has 216 valence electrons. The van der Waals surface area contributed by atoms with Crippen molar-refractivity contribution < 1.29 is 57.0 Å². The first-order valence-electron chi connectivity index (χ1n) is 12.1. The Hall–Kier alpha value is -4.80. The zero-order chi connectivity index (χ0) is 30.0. The topological polar surface area (TPSA) is 186 Å². The number of phenolic OH excluding ortho intramolecular Hbond substituents is 1. The van der Waals surface area contributed by atoms with E-state index in [9.17, 15) is 52.4 Å². The van der Waals surface area contributed by atoms with E-state index >= 15 is 0 Å². The van der Waals surface area contributed by atoms with E-state index in [0.29, 0.717) is 17.0 Å². The van der Waals surface area contributed by atoms with Crippen LogP contribution in [0.25, 0.3) is 0 Å². The smallest absolute Gasteiger partial charge is 0.534 e. The number of imide groups is 1. The molecule has 0 radical (unpaired) electrons. The number of hydrogen-bond donors (Lipinski definition) is 5. The summed E-state index contributed by atoms with van der Waals surface area (Å²) < 4.78 is 47.6. The third-order valence-electron chi connectivity index (χ3n) is 6.47. The van der Waals surface area contributed by atoms with Crippen molar-refractivity contribution in [2.45, 2.75) is 18.4 Å². The van der Waals surface area contributed by atoms with Gasteiger partial charge in [-0.15, -0.1) is 0 Å². The summed E-state index contributed by atoms with van der Waals surface area (Å²) in [5, 5.41) is 33.6. The summed E-state index contributed by atoms with van der Waals surface area (Å²) in [5.74, 6) is -10.4. The summed E-state index contributed by atoms with van der Waals surface area (Å²) in [6.07, 6.45) is -0.186. The molecule has 17 heteroatoms. The van der Waals surface area contributed by atoms with Crippen molar-refractivity contribution in [1.82, 2.24) is 20.4 Å². The minimum atomic E-state index is -2.20. The van der Waals surface area contributed by atoms with Crippen LogP contribution >= 0.6 is 0 Å². The van der Waals surface area contributed by atoms with Crippen LogP contribution in [-0.4, -0.2) is 94.1 Å². The van der Waals surface area contributed by atoms with Crippen molar-refractivity contribution in [2.24, 2.45) is 0 Å². The van der Waals surface area contributed by atoms with Crippen LogP contribution in [0.1, 0.15) is 27.5 Å². The van der Waals surface area contributed by atoms with Gasteiger partial charge in [-0.3, -0.25) is 19.3 Å². The fourth-order valence-electron chi connectivity index (χ4n) is 4.48. The van der Waals surface area contributed by atoms with Gasteiger partial charge in [-0.05, 0) is 18.1 Å². The van der Waals surface area contributed by atoms with Gasteiger partial charge in [0.15, 0.2) is 0 Å². The van der Waals surface area contributed by atoms with Crippen molar-refractivity contribution in [3.05, 3.63) is 58.7 Å². The number of nitrogens with one attached hydrogen (secondary N) is 2. The van der Waals surface area contributed by atoms with Crippen molar-refractivity contribution in [1.29, 1.82) is 0 Å². The number of amides is 5. The van der Waals surface area contributed by atoms with Crippen LogP contribution in [0.2, 0.25) is 0 Å². The highest BCUT2D eigenvalue weighted by Crippen LogP contribution is 2.31. The fraction of sp³-hybridized carbons (Fsp3) is 0.292. The van der Waals surface area contributed by atoms with E-state index in [-0.39, 0.29) is 29.8 Å². The number of carboxylic acid groups (broad SMARTS) is 1. The van der Waals surface area contributed by atoms with Gasteiger partial charge in [-0.25, -0.2) is 22.8 Å². The average Bonchev–Trinajstić information content (AvgIpc) is 2.90. The van der Waals surface area contributed by atoms with Gasteiger partial charge in [0, 0.05) is 31.8 Å². The maximum Gasteiger partial charge on any atom is 0.547 e. The fourth-order valence-corrected chi connectivity index (χ4v) is 4.48. The molecule has 5 amide bonds. The predicted octanol–water partition coefficient (Wildman–Crippen LogP) is -0.101. The molecule has 0 spiro atoms. The summed E-state index contributed by atoms with van der Waals surface area (Å²) in [5.41, 5.74) is -1.02. The zero-order valence-corrected chi connectivity index (χ0v) is 21.0. The number of rotatable bonds is 7. The van der Waals surface area contributed by atoms with Gasteiger partial charge in [0.25, 0.3) is 0 Å². The molecule has 0 aliphatic carbocycles. The first kappa shape index (κ1) is 29.2. The molecule has 0 saturated carbocycles. The van der Waals surface area contributed by atoms with Crippen LogP contribution in [-0.2, 0) is 20.8 Å². The second-order valence-corrected chi connectivity index (χ2v) is 9.07. The minimum absolute atomic E-state index is 0.145. The lowest BCUT2D eigenvalue weighted by atomic mass is 9.72. The number of hydrogen-bond acceptors (Lipinski definition) is 8. The molecule has 2 aromatic rings. The molecule has 2 aliphatic heterocycles. The van der Waals surface area contributed by atoms with Gasteiger partial charge in [0.1, 0.15) is 35.8 Å². The number of para-hydroxylation sites is 1. The van der Waals surface area contributed by atoms with E-state index in [0.717, 1.165) is 4.90 Å². The molecule has 2 unspecified atom stereocenters. The Morgan fingerprint density at radius 1 is 1.12 bits per heavy atom. The number of piperazine rings is 1. The maximum atomic E-state index is 14.8. The Morgan fingerprint density at radius 2 is 1.80 bits per heavy atom. The largest absolute Gasteiger partial charge is 0.547 e. The number of carbonyl (C=O) groups is 5. The van der Waals surface area contributed by atoms with E-state index < -0.39 is 91.5 Å². The first-order chi connectivity index (χ1) is 19.4. The van der Waals surface area contributed by atoms with Crippen molar-refractivity contribution in [3.8, 4) is 11.5 Å². The monoisotopic (exact) mass is 578 g/mol. The summed E-state index contributed by atoms with van der Waals surface area (Å²) in [6.45, 7) is -1.98. The molecule has 41 heavy (non-hydrogen) atoms. The van der Waals surface area contributed by atoms with Crippen molar-refractivity contribution >= 4 is 36.8 Å². The molecule has 5 N–H and O–H groups in total. The number of halogens is 3. The summed E-state index contributed by atoms with van der Waals surface area (Å²) >= 11 is 0. The van der Waals surface area contributed by atoms with Crippen LogP contribution in [0.4, 0.5) is 18.0 Å². The molecule has 0 aromatic heterocycles. The molecular weight excluding hydrogens is 556 g/mol. The number of urea groups is 1. The number of aromatic carboxylic acids is 1. The molecule has 2 aliphatic rings. The van der Waals surface area contributed by atoms with Crippen molar-refractivity contribution in [3.63, 3.8) is 0 Å². The average molecular weight is 578 g/mol. The Labute approximate surface area is 229 Å². The zero-order valence-electron chi connectivity index (χ0n) is 21.0. The number of benzene rings is 2. The molecule has 13 nitrogen and oxygen atoms in total. The Bertz CT molecular complexity index is 1410. The van der Waals surface area contributed by atoms with Crippen LogP contribution in [0, 0.1) is 11.6 Å². The number of aromatic hydroxyl groups is 1. The maximum absolute atomic E-state index is 14.8. The van der Waals surface area contributed by atoms with Gasteiger partial charge in [-0.1, -0.05) is 12.1 Å². The number of fused-ring (bicyclic) bond motifs is 1. The predicted molar refractivity (Wildman–Crippen MR) is 131 cm³/mol. The lowest BCUT2D eigenvalue weighted by molar-refractivity contribution is -0.153. The summed E-state index contributed by atoms with van der Waals surface area (Å²) in [4.78, 5) is 63.7. The number of phenols is 1. The Kier molecular flexibility index (Phi) is 8.37. The van der Waals surface area contributed by atoms with Crippen LogP contribution in [0.15, 0.2) is 30.3 Å². The van der Waals surface area contributed by atoms with Gasteiger partial charge in [0.05, 0.1) is 17.1 Å². The SMILES string of the molecule is O=C(O)c1cccc2c1OB(O)C(NC(=O)C(NC(=O)N1CCN(CCF)C(=O)C1=O)c1c(F)cc(O)cc1F)C2. The van der Waals surface area contributed by atoms with Crippen LogP contribution in [0.5, 0.6) is 11.5 Å². The standard InChI is InChI=1S/C24H22BF3N4O9/c26-4-5-31-6-7-32(22(36)21(31)35)24(39)30-18(17-14(27)9-12(33)10-15(17)28)20(34)29-16-8-11-2-1-3-13(23(37)38)19(11)41-25(16)40/h1-3,9-10,16,18,33,40H,4-8H2,(H,29,34)(H,30,39)(H,37,38). The van der Waals surface area contributed by atoms with Gasteiger partial charge < -0.3 is 35.4 Å². The number of carbonyl (C=O) groups excluding carboxylic acids is 4. The summed E-state index contributed by atoms with van der Waals surface area (Å²) in [7, 11) is -1.82. The first-order valence-corrected chi connectivity index (χ1v) is 12.1. The molecular formula is C24H22BF3N4O9. The van der Waals surface area contributed by atoms with Gasteiger partial charge in [0.2, 0.25) is 5.91 Å². The van der Waals surface area contributed by atoms with E-state index in [1.54, 1.807) is 0 Å². The quantitative estimate of drug-likeness (QED) is 0.221. The van der Waals surface area contributed by atoms with E-state index in [1.165, 1.54) is 18.2 Å². The highest BCUT2D eigenvalue weighted by Gasteiger charge is 2.42. The summed E-state index contributed by atoms with van der Waals surface area (Å²) in [6, 6.07) is 1.46. The van der Waals surface area contributed by atoms with E-state index in [1.807, 2.05) is 5.32 Å². The molecule has 4 rings (SSSR count). The van der Waals surface area contributed by atoms with Gasteiger partial charge >= 0.3 is 30.9 Å². The normalized spacial score (nSPS) is 17.5. The molecule has 0 bridgehead atoms. The Balaban J connectivity index is 1.60. The Morgan fingerprint density at radius 3 is 2.44 bits per heavy atom. The van der Waals surface area contributed by atoms with Gasteiger partial charge in [-0.2, -0.15) is 0 Å². The number of alkyl halides is 1. The second kappa shape index (κ2) is 11.8. The van der Waals surface area contributed by atoms with Crippen molar-refractivity contribution in [2.75, 3.05) is 26.3 Å². The van der Waals surface area contributed by atoms with E-state index in [4.69, 9.17) is 4.65 Å². The molecule has 2 heterocycles. The molecule has 1 fully saturated rings. The van der Waals surface area contributed by atoms with Crippen LogP contribution < -0.4 is 15.3 Å². The minimum Gasteiger partial charge on any atom is -0.534 e. The lowest BCUT2D eigenvalue weighted by Crippen LogP contribution is -2.60. The van der Waals surface area contributed by atoms with Crippen LogP contribution in [0.3, 0.4) is 0 Å². The highest BCUT2D eigenvalue weighted by atomic mass is 19.1. The third-order valence-corrected chi connectivity index (χ3v) is 6.47.